The fourth-order valence-corrected chi connectivity index (χ4v) is 19.1. The van der Waals surface area contributed by atoms with Crippen LogP contribution in [0.2, 0.25) is 0 Å². The third-order valence-corrected chi connectivity index (χ3v) is 27.1. The second-order valence-electron chi connectivity index (χ2n) is 37.2. The standard InChI is InChI=1S/2C27H29NO11.2C26H29NO2.C7H14N4S2.ClH/c2*1-10-22(31)13(28)6-17(38-10)39-15-8-27(36,16(30)9-29)7-12-19(15)26(35)21-20(24(12)33)23(32)11-4-3-5-14(37-2)18(11)25(21)34;2*1-4-25(20-9-6-5-7-10-20)26(22-11-8-12-23(28)19-22)21-13-15-24(16-14-21)29-18-17-27(2)3;1-4-5(2)9-7(13)11-10-6(12)8-3;/h2*3-5,10,13,15,17,22,29,31,33,35-36H,6-9,28H2,1-2H3;2*5-16,19,28H,4,17-18H2,1-3H3;4-5H,1H2,2-3H3,(H2,8,10,12)(H2,9,11,13);1H/b;;2*26-25+;;/t10?,13?,15-,17?,22?,27-;10-,13-,15-,17-,22+,27-;;;;/m00..../s1. The van der Waals surface area contributed by atoms with Crippen LogP contribution in [0, 0.1) is 0 Å². The van der Waals surface area contributed by atoms with Crippen molar-refractivity contribution in [3.8, 4) is 57.5 Å². The van der Waals surface area contributed by atoms with Crippen molar-refractivity contribution in [3.63, 3.8) is 0 Å². The molecule has 6 aliphatic rings. The molecule has 16 rings (SSSR count). The van der Waals surface area contributed by atoms with E-state index in [0.717, 1.165) is 70.8 Å². The lowest BCUT2D eigenvalue weighted by Gasteiger charge is -2.42. The number of hydrazine groups is 1. The van der Waals surface area contributed by atoms with E-state index in [1.807, 2.05) is 95.8 Å². The van der Waals surface area contributed by atoms with Crippen LogP contribution in [0.1, 0.15) is 205 Å². The Morgan fingerprint density at radius 2 is 0.853 bits per heavy atom. The lowest BCUT2D eigenvalue weighted by molar-refractivity contribution is -0.247. The summed E-state index contributed by atoms with van der Waals surface area (Å²) in [6, 6.07) is 59.7. The number of phenolic OH excluding ortho intramolecular Hbond substituents is 6. The number of hydrogen-bond acceptors (Lipinski definition) is 32. The molecule has 34 nitrogen and oxygen atoms in total. The molecule has 10 aromatic rings. The number of aliphatic hydroxyl groups is 6. The number of benzene rings is 10. The Labute approximate surface area is 887 Å². The number of Topliss-reactive ketones (excluding diaryl/α,β-unsaturated/α-hetero) is 2. The van der Waals surface area contributed by atoms with Crippen molar-refractivity contribution in [1.82, 2.24) is 31.3 Å². The summed E-state index contributed by atoms with van der Waals surface area (Å²) in [4.78, 5) is 83.7. The number of allylic oxidation sites excluding steroid dienone is 2. The van der Waals surface area contributed by atoms with Gasteiger partial charge in [-0.1, -0.05) is 153 Å². The minimum atomic E-state index is -2.24. The van der Waals surface area contributed by atoms with Crippen molar-refractivity contribution in [2.75, 3.05) is 89.0 Å². The zero-order valence-corrected chi connectivity index (χ0v) is 87.8. The minimum absolute atomic E-state index is 0. The molecule has 2 saturated heterocycles. The summed E-state index contributed by atoms with van der Waals surface area (Å²) in [5, 5.41) is 134. The summed E-state index contributed by atoms with van der Waals surface area (Å²) in [6.07, 6.45) is -6.72. The number of nitrogens with two attached hydrogens (primary N) is 2. The molecule has 0 saturated carbocycles. The molecular formula is C113H131ClN8O26S2. The number of nitrogens with zero attached hydrogens (tertiary/aromatic N) is 2. The predicted molar refractivity (Wildman–Crippen MR) is 577 cm³/mol. The Morgan fingerprint density at radius 3 is 1.18 bits per heavy atom. The number of rotatable bonds is 28. The van der Waals surface area contributed by atoms with Crippen molar-refractivity contribution in [2.45, 2.75) is 165 Å². The van der Waals surface area contributed by atoms with Crippen molar-refractivity contribution >= 4 is 104 Å². The number of carbonyl (C=O) groups excluding carboxylic acids is 6. The van der Waals surface area contributed by atoms with E-state index < -0.39 is 191 Å². The maximum Gasteiger partial charge on any atom is 0.202 e. The summed E-state index contributed by atoms with van der Waals surface area (Å²) >= 11 is 9.77. The zero-order valence-electron chi connectivity index (χ0n) is 85.4. The Hall–Kier alpha value is -13.4. The second kappa shape index (κ2) is 52.3. The number of hydrogen-bond donors (Lipinski definition) is 18. The molecule has 2 heterocycles. The summed E-state index contributed by atoms with van der Waals surface area (Å²) in [5.74, 6) is -5.28. The normalized spacial score (nSPS) is 21.1. The monoisotopic (exact) mass is 2110 g/mol. The van der Waals surface area contributed by atoms with Crippen LogP contribution < -0.4 is 51.9 Å². The van der Waals surface area contributed by atoms with Gasteiger partial charge < -0.3 is 131 Å². The quantitative estimate of drug-likeness (QED) is 0.00712. The maximum absolute atomic E-state index is 13.6. The highest BCUT2D eigenvalue weighted by Gasteiger charge is 2.53. The Bertz CT molecular complexity index is 6220. The van der Waals surface area contributed by atoms with Crippen molar-refractivity contribution < 1.29 is 128 Å². The van der Waals surface area contributed by atoms with Gasteiger partial charge in [0.2, 0.25) is 11.6 Å². The molecule has 798 valence electrons. The van der Waals surface area contributed by atoms with Crippen LogP contribution in [0.4, 0.5) is 0 Å². The summed E-state index contributed by atoms with van der Waals surface area (Å²) in [5.41, 5.74) is 21.5. The van der Waals surface area contributed by atoms with E-state index in [4.69, 9.17) is 73.8 Å². The molecule has 10 aromatic carbocycles. The number of carbonyl (C=O) groups is 6. The van der Waals surface area contributed by atoms with Crippen LogP contribution in [0.5, 0.6) is 57.5 Å². The van der Waals surface area contributed by atoms with Crippen molar-refractivity contribution in [2.24, 2.45) is 11.5 Å². The number of ketones is 6. The van der Waals surface area contributed by atoms with E-state index in [0.29, 0.717) is 23.4 Å². The van der Waals surface area contributed by atoms with Crippen LogP contribution in [-0.2, 0) is 41.4 Å². The van der Waals surface area contributed by atoms with E-state index in [-0.39, 0.29) is 98.8 Å². The third kappa shape index (κ3) is 26.7. The Morgan fingerprint density at radius 1 is 0.500 bits per heavy atom. The molecule has 20 N–H and O–H groups in total. The zero-order chi connectivity index (χ0) is 108. The lowest BCUT2D eigenvalue weighted by atomic mass is 9.72. The first kappa shape index (κ1) is 117. The van der Waals surface area contributed by atoms with Crippen molar-refractivity contribution in [1.29, 1.82) is 0 Å². The first-order valence-corrected chi connectivity index (χ1v) is 49.5. The second-order valence-corrected chi connectivity index (χ2v) is 38.1. The molecule has 0 amide bonds. The van der Waals surface area contributed by atoms with Gasteiger partial charge in [-0.25, -0.2) is 0 Å². The third-order valence-electron chi connectivity index (χ3n) is 26.6. The van der Waals surface area contributed by atoms with Gasteiger partial charge >= 0.3 is 0 Å². The van der Waals surface area contributed by atoms with Crippen LogP contribution in [0.25, 0.3) is 22.3 Å². The maximum atomic E-state index is 13.6. The average molecular weight is 2120 g/mol. The molecule has 4 aliphatic carbocycles. The van der Waals surface area contributed by atoms with Crippen molar-refractivity contribution in [3.05, 3.63) is 307 Å². The molecule has 0 radical (unpaired) electrons. The largest absolute Gasteiger partial charge is 0.508 e. The lowest BCUT2D eigenvalue weighted by Crippen LogP contribution is -2.53. The minimum Gasteiger partial charge on any atom is -0.508 e. The number of phenols is 6. The summed E-state index contributed by atoms with van der Waals surface area (Å²) < 4.78 is 45.7. The predicted octanol–water partition coefficient (Wildman–Crippen LogP) is 11.9. The molecule has 150 heavy (non-hydrogen) atoms. The van der Waals surface area contributed by atoms with Gasteiger partial charge in [0.25, 0.3) is 0 Å². The number of thiocarbonyl (C=S) groups is 2. The van der Waals surface area contributed by atoms with Crippen LogP contribution >= 0.6 is 36.8 Å². The molecule has 37 heteroatoms. The van der Waals surface area contributed by atoms with E-state index in [9.17, 15) is 90.0 Å². The molecule has 5 unspecified atom stereocenters. The topological polar surface area (TPSA) is 526 Å². The molecular weight excluding hydrogens is 1980 g/mol. The SMILES string of the molecule is C=CC(C)NC(=S)NNC(=S)NC.CC/C(=C(/c1ccc(OCCN(C)C)cc1)c1cccc(O)c1)c1ccccc1.CC/C(=C(/c1ccc(OCCN(C)C)cc1)c1cccc(O)c1)c1ccccc1.COc1cccc2c1C(=O)c1c(O)c3c(c(O)c1C2=O)C[C@@](O)(C(=O)CO)C[C@@H]3OC1CC(N)C(O)C(C)O1.COc1cccc2c1C(=O)c1c(O)c3c(c(O)c1C2=O)C[C@@](O)(C(=O)CO)C[C@@H]3O[C@H]1C[C@H](N)[C@H](O)[C@H](C)O1.Cl. The highest BCUT2D eigenvalue weighted by molar-refractivity contribution is 7.80. The van der Waals surface area contributed by atoms with E-state index >= 15 is 0 Å². The number of ether oxygens (including phenoxy) is 8. The van der Waals surface area contributed by atoms with Crippen LogP contribution in [-0.4, -0.2) is 271 Å². The number of nitrogens with one attached hydrogen (secondary N) is 4. The molecule has 0 aromatic heterocycles. The molecule has 2 aliphatic heterocycles. The number of aliphatic hydroxyl groups excluding tert-OH is 4. The highest BCUT2D eigenvalue weighted by atomic mass is 35.5. The molecule has 2 fully saturated rings. The smallest absolute Gasteiger partial charge is 0.202 e. The van der Waals surface area contributed by atoms with E-state index in [1.54, 1.807) is 39.1 Å². The van der Waals surface area contributed by atoms with Crippen LogP contribution in [0.15, 0.2) is 207 Å². The van der Waals surface area contributed by atoms with E-state index in [1.165, 1.54) is 72.9 Å². The number of halogens is 1. The fraction of sp³-hybridized carbons (Fsp3) is 0.345. The van der Waals surface area contributed by atoms with Gasteiger partial charge in [-0.3, -0.25) is 39.6 Å². The van der Waals surface area contributed by atoms with Gasteiger partial charge in [-0.2, -0.15) is 0 Å². The van der Waals surface area contributed by atoms with Gasteiger partial charge in [0.1, 0.15) is 95.1 Å². The van der Waals surface area contributed by atoms with Gasteiger partial charge in [-0.05, 0) is 203 Å². The Balaban J connectivity index is 0.000000183. The van der Waals surface area contributed by atoms with Gasteiger partial charge in [0.15, 0.2) is 45.9 Å². The van der Waals surface area contributed by atoms with Crippen LogP contribution in [0.3, 0.4) is 0 Å². The Kier molecular flexibility index (Phi) is 40.8. The molecule has 13 atom stereocenters. The number of aromatic hydroxyl groups is 6. The first-order valence-electron chi connectivity index (χ1n) is 48.7. The van der Waals surface area contributed by atoms with Gasteiger partial charge in [-0.15, -0.1) is 19.0 Å². The molecule has 0 spiro atoms. The molecule has 0 bridgehead atoms. The van der Waals surface area contributed by atoms with E-state index in [2.05, 4.69) is 137 Å². The van der Waals surface area contributed by atoms with Gasteiger partial charge in [0, 0.05) is 110 Å². The highest BCUT2D eigenvalue weighted by Crippen LogP contribution is 2.56. The first-order chi connectivity index (χ1) is 71.1. The summed E-state index contributed by atoms with van der Waals surface area (Å²) in [6.45, 7) is 14.1. The number of methoxy groups -OCH3 is 2. The van der Waals surface area contributed by atoms with Gasteiger partial charge in [0.05, 0.1) is 84.2 Å². The average Bonchev–Trinajstić information content (AvgIpc) is 0.711. The number of fused-ring (bicyclic) bond motifs is 6. The summed E-state index contributed by atoms with van der Waals surface area (Å²) in [7, 11) is 12.5. The number of likely N-dealkylation sites (N-methyl/N-ethyl adjacent to an activating group) is 2. The fourth-order valence-electron chi connectivity index (χ4n) is 18.8.